The maximum Gasteiger partial charge on any atom is 0.216 e. The molecule has 3 aromatic rings. The van der Waals surface area contributed by atoms with Crippen LogP contribution in [0.3, 0.4) is 0 Å². The first-order valence-corrected chi connectivity index (χ1v) is 11.5. The zero-order valence-corrected chi connectivity index (χ0v) is 18.9. The van der Waals surface area contributed by atoms with Crippen LogP contribution in [0, 0.1) is 0 Å². The van der Waals surface area contributed by atoms with Crippen LogP contribution in [0.15, 0.2) is 53.5 Å². The molecule has 3 aliphatic rings. The summed E-state index contributed by atoms with van der Waals surface area (Å²) in [4.78, 5) is 17.0. The van der Waals surface area contributed by atoms with Crippen molar-refractivity contribution >= 4 is 22.9 Å². The lowest BCUT2D eigenvalue weighted by atomic mass is 10.1. The minimum atomic E-state index is -0.154. The molecule has 172 valence electrons. The van der Waals surface area contributed by atoms with Gasteiger partial charge in [-0.3, -0.25) is 19.3 Å². The zero-order chi connectivity index (χ0) is 22.2. The Hall–Kier alpha value is -3.14. The number of hydrogen-bond donors (Lipinski definition) is 1. The maximum atomic E-state index is 5.70. The van der Waals surface area contributed by atoms with E-state index in [1.165, 1.54) is 0 Å². The van der Waals surface area contributed by atoms with E-state index < -0.39 is 0 Å². The fraction of sp³-hybridized carbons (Fsp3) is 0.417. The number of hydrogen-bond acceptors (Lipinski definition) is 8. The van der Waals surface area contributed by atoms with Crippen molar-refractivity contribution in [2.75, 3.05) is 64.7 Å². The largest absolute Gasteiger partial charge is 0.496 e. The Labute approximate surface area is 193 Å². The summed E-state index contributed by atoms with van der Waals surface area (Å²) in [7, 11) is 1.71. The van der Waals surface area contributed by atoms with Gasteiger partial charge < -0.3 is 14.8 Å². The summed E-state index contributed by atoms with van der Waals surface area (Å²) in [6.45, 7) is 7.06. The predicted molar refractivity (Wildman–Crippen MR) is 128 cm³/mol. The van der Waals surface area contributed by atoms with Crippen molar-refractivity contribution in [1.29, 1.82) is 0 Å². The summed E-state index contributed by atoms with van der Waals surface area (Å²) in [5, 5.41) is 3.67. The Kier molecular flexibility index (Phi) is 5.37. The predicted octanol–water partition coefficient (Wildman–Crippen LogP) is 1.92. The summed E-state index contributed by atoms with van der Waals surface area (Å²) >= 11 is 0. The van der Waals surface area contributed by atoms with Crippen LogP contribution in [-0.2, 0) is 4.74 Å². The summed E-state index contributed by atoms with van der Waals surface area (Å²) < 4.78 is 13.4. The molecule has 3 aliphatic heterocycles. The van der Waals surface area contributed by atoms with E-state index in [4.69, 9.17) is 19.5 Å². The van der Waals surface area contributed by atoms with Crippen molar-refractivity contribution < 1.29 is 9.47 Å². The molecule has 0 radical (unpaired) electrons. The van der Waals surface area contributed by atoms with Crippen LogP contribution in [0.25, 0.3) is 11.0 Å². The van der Waals surface area contributed by atoms with Gasteiger partial charge in [0.1, 0.15) is 11.9 Å². The van der Waals surface area contributed by atoms with Crippen molar-refractivity contribution in [3.63, 3.8) is 0 Å². The number of aromatic nitrogens is 2. The Bertz CT molecular complexity index is 1170. The summed E-state index contributed by atoms with van der Waals surface area (Å²) in [5.74, 6) is 2.60. The van der Waals surface area contributed by atoms with Gasteiger partial charge >= 0.3 is 0 Å². The molecule has 1 atom stereocenters. The molecule has 1 saturated heterocycles. The van der Waals surface area contributed by atoms with Crippen LogP contribution in [0.5, 0.6) is 5.75 Å². The van der Waals surface area contributed by atoms with Crippen LogP contribution in [0.4, 0.5) is 5.95 Å². The van der Waals surface area contributed by atoms with Crippen LogP contribution in [0.1, 0.15) is 11.7 Å². The van der Waals surface area contributed by atoms with E-state index in [0.717, 1.165) is 80.3 Å². The number of anilines is 1. The normalized spacial score (nSPS) is 21.3. The van der Waals surface area contributed by atoms with E-state index in [1.54, 1.807) is 7.11 Å². The average Bonchev–Trinajstić information content (AvgIpc) is 3.28. The number of fused-ring (bicyclic) bond motifs is 5. The number of para-hydroxylation sites is 3. The molecule has 4 heterocycles. The summed E-state index contributed by atoms with van der Waals surface area (Å²) in [6.07, 6.45) is -0.154. The summed E-state index contributed by atoms with van der Waals surface area (Å²) in [6, 6.07) is 16.4. The molecule has 0 bridgehead atoms. The van der Waals surface area contributed by atoms with Gasteiger partial charge in [-0.2, -0.15) is 0 Å². The van der Waals surface area contributed by atoms with Crippen molar-refractivity contribution in [3.05, 3.63) is 54.1 Å². The minimum absolute atomic E-state index is 0.154. The van der Waals surface area contributed by atoms with Crippen molar-refractivity contribution in [3.8, 4) is 5.75 Å². The quantitative estimate of drug-likeness (QED) is 0.641. The first-order chi connectivity index (χ1) is 16.3. The fourth-order valence-electron chi connectivity index (χ4n) is 4.87. The van der Waals surface area contributed by atoms with Gasteiger partial charge in [-0.25, -0.2) is 9.98 Å². The molecule has 6 rings (SSSR count). The van der Waals surface area contributed by atoms with E-state index >= 15 is 0 Å². The Morgan fingerprint density at radius 1 is 1.03 bits per heavy atom. The molecule has 0 amide bonds. The first-order valence-electron chi connectivity index (χ1n) is 11.5. The Balaban J connectivity index is 1.34. The number of nitrogens with zero attached hydrogens (tertiary/aromatic N) is 6. The average molecular weight is 448 g/mol. The van der Waals surface area contributed by atoms with E-state index in [2.05, 4.69) is 48.8 Å². The number of benzene rings is 2. The van der Waals surface area contributed by atoms with Gasteiger partial charge in [-0.1, -0.05) is 30.3 Å². The van der Waals surface area contributed by atoms with Crippen LogP contribution in [-0.4, -0.2) is 85.2 Å². The van der Waals surface area contributed by atoms with Gasteiger partial charge in [0.15, 0.2) is 0 Å². The Morgan fingerprint density at radius 3 is 2.70 bits per heavy atom. The number of guanidine groups is 1. The number of rotatable bonds is 5. The number of morpholine rings is 1. The van der Waals surface area contributed by atoms with Crippen molar-refractivity contribution in [1.82, 2.24) is 24.7 Å². The minimum Gasteiger partial charge on any atom is -0.496 e. The molecular weight excluding hydrogens is 418 g/mol. The smallest absolute Gasteiger partial charge is 0.216 e. The maximum absolute atomic E-state index is 5.70. The van der Waals surface area contributed by atoms with E-state index in [1.807, 2.05) is 24.3 Å². The van der Waals surface area contributed by atoms with Crippen LogP contribution in [0.2, 0.25) is 0 Å². The fourth-order valence-corrected chi connectivity index (χ4v) is 4.87. The molecule has 0 spiro atoms. The molecule has 1 aromatic heterocycles. The highest BCUT2D eigenvalue weighted by Gasteiger charge is 2.36. The monoisotopic (exact) mass is 447 g/mol. The van der Waals surface area contributed by atoms with Gasteiger partial charge in [0.05, 0.1) is 44.7 Å². The van der Waals surface area contributed by atoms with Gasteiger partial charge in [0.25, 0.3) is 0 Å². The molecule has 0 saturated carbocycles. The molecule has 1 N–H and O–H groups in total. The molecule has 2 aromatic carbocycles. The number of ether oxygens (including phenoxy) is 2. The third-order valence-electron chi connectivity index (χ3n) is 6.63. The highest BCUT2D eigenvalue weighted by atomic mass is 16.5. The number of imidazole rings is 1. The molecule has 9 heteroatoms. The van der Waals surface area contributed by atoms with Crippen molar-refractivity contribution in [2.24, 2.45) is 4.99 Å². The second-order valence-corrected chi connectivity index (χ2v) is 8.60. The third-order valence-corrected chi connectivity index (χ3v) is 6.63. The lowest BCUT2D eigenvalue weighted by molar-refractivity contribution is 0.0334. The van der Waals surface area contributed by atoms with Crippen LogP contribution < -0.4 is 15.0 Å². The molecule has 0 unspecified atom stereocenters. The number of methoxy groups -OCH3 is 1. The molecule has 1 fully saturated rings. The van der Waals surface area contributed by atoms with E-state index in [0.29, 0.717) is 6.67 Å². The molecule has 33 heavy (non-hydrogen) atoms. The molecular formula is C24H29N7O2. The lowest BCUT2D eigenvalue weighted by Crippen LogP contribution is -2.58. The first kappa shape index (κ1) is 20.5. The SMILES string of the molecule is COc1ccccc1[C@@H]1NC2=NCN(CCN3CCOCC3)CN2c2nc3ccccc3n21. The van der Waals surface area contributed by atoms with Gasteiger partial charge in [-0.05, 0) is 18.2 Å². The zero-order valence-electron chi connectivity index (χ0n) is 18.9. The van der Waals surface area contributed by atoms with Gasteiger partial charge in [0, 0.05) is 31.7 Å². The molecule has 0 aliphatic carbocycles. The van der Waals surface area contributed by atoms with E-state index in [-0.39, 0.29) is 6.17 Å². The highest BCUT2D eigenvalue weighted by Crippen LogP contribution is 2.36. The number of aliphatic imine (C=N–C) groups is 1. The van der Waals surface area contributed by atoms with Gasteiger partial charge in [-0.15, -0.1) is 0 Å². The summed E-state index contributed by atoms with van der Waals surface area (Å²) in [5.41, 5.74) is 3.11. The third kappa shape index (κ3) is 3.72. The second kappa shape index (κ2) is 8.66. The second-order valence-electron chi connectivity index (χ2n) is 8.60. The Morgan fingerprint density at radius 2 is 1.82 bits per heavy atom. The molecule has 9 nitrogen and oxygen atoms in total. The van der Waals surface area contributed by atoms with Crippen LogP contribution >= 0.6 is 0 Å². The van der Waals surface area contributed by atoms with Crippen molar-refractivity contribution in [2.45, 2.75) is 6.17 Å². The topological polar surface area (TPSA) is 70.4 Å². The van der Waals surface area contributed by atoms with Gasteiger partial charge in [0.2, 0.25) is 11.9 Å². The van der Waals surface area contributed by atoms with E-state index in [9.17, 15) is 0 Å². The highest BCUT2D eigenvalue weighted by molar-refractivity contribution is 5.99. The lowest BCUT2D eigenvalue weighted by Gasteiger charge is -2.42. The standard InChI is InChI=1S/C24H29N7O2/c1-32-21-9-5-2-6-18(21)22-27-23-25-16-29(11-10-28-12-14-33-15-13-28)17-30(23)24-26-19-7-3-4-8-20(19)31(22)24/h2-9,22H,10-17H2,1H3,(H,25,27)/t22-/m1/s1. The number of nitrogens with one attached hydrogen (secondary N) is 1.